The maximum atomic E-state index is 13.4. The summed E-state index contributed by atoms with van der Waals surface area (Å²) in [5.74, 6) is 0.754. The molecule has 0 amide bonds. The molecule has 3 rings (SSSR count). The minimum atomic E-state index is -0.415. The molecule has 1 saturated heterocycles. The Hall–Kier alpha value is -1.99. The molecule has 0 aliphatic carbocycles. The average Bonchev–Trinajstić information content (AvgIpc) is 2.97. The maximum Gasteiger partial charge on any atom is 0.258 e. The van der Waals surface area contributed by atoms with E-state index < -0.39 is 5.82 Å². The van der Waals surface area contributed by atoms with Crippen molar-refractivity contribution in [1.82, 2.24) is 20.4 Å². The number of rotatable bonds is 4. The Labute approximate surface area is 121 Å². The fourth-order valence-electron chi connectivity index (χ4n) is 2.30. The van der Waals surface area contributed by atoms with E-state index in [2.05, 4.69) is 20.4 Å². The molecule has 0 atom stereocenters. The van der Waals surface area contributed by atoms with Crippen molar-refractivity contribution in [3.63, 3.8) is 0 Å². The van der Waals surface area contributed by atoms with Crippen molar-refractivity contribution in [3.8, 4) is 17.2 Å². The highest BCUT2D eigenvalue weighted by Gasteiger charge is 2.15. The van der Waals surface area contributed by atoms with E-state index >= 15 is 0 Å². The molecule has 0 radical (unpaired) electrons. The van der Waals surface area contributed by atoms with Gasteiger partial charge in [-0.3, -0.25) is 4.90 Å². The minimum absolute atomic E-state index is 0.161. The highest BCUT2D eigenvalue weighted by molar-refractivity contribution is 5.55. The summed E-state index contributed by atoms with van der Waals surface area (Å²) in [4.78, 5) is 6.62. The van der Waals surface area contributed by atoms with E-state index in [1.807, 2.05) is 0 Å². The van der Waals surface area contributed by atoms with Crippen LogP contribution < -0.4 is 10.1 Å². The number of ether oxygens (including phenoxy) is 1. The third kappa shape index (κ3) is 3.20. The quantitative estimate of drug-likeness (QED) is 0.916. The lowest BCUT2D eigenvalue weighted by atomic mass is 10.2. The van der Waals surface area contributed by atoms with Crippen LogP contribution in [0, 0.1) is 5.82 Å². The SMILES string of the molecule is COc1cc(-c2nc(CN3CCNCC3)no2)ccc1F. The molecule has 1 aliphatic rings. The summed E-state index contributed by atoms with van der Waals surface area (Å²) in [6, 6.07) is 4.48. The number of piperazine rings is 1. The molecular formula is C14H17FN4O2. The average molecular weight is 292 g/mol. The van der Waals surface area contributed by atoms with Crippen molar-refractivity contribution in [2.75, 3.05) is 33.3 Å². The number of aromatic nitrogens is 2. The van der Waals surface area contributed by atoms with Crippen LogP contribution in [0.4, 0.5) is 4.39 Å². The first-order valence-corrected chi connectivity index (χ1v) is 6.86. The van der Waals surface area contributed by atoms with Crippen molar-refractivity contribution in [2.24, 2.45) is 0 Å². The zero-order valence-electron chi connectivity index (χ0n) is 11.8. The maximum absolute atomic E-state index is 13.4. The first-order chi connectivity index (χ1) is 10.3. The second kappa shape index (κ2) is 6.19. The molecule has 7 heteroatoms. The second-order valence-corrected chi connectivity index (χ2v) is 4.89. The van der Waals surface area contributed by atoms with E-state index in [9.17, 15) is 4.39 Å². The van der Waals surface area contributed by atoms with Gasteiger partial charge in [0.1, 0.15) is 0 Å². The van der Waals surface area contributed by atoms with Crippen molar-refractivity contribution in [1.29, 1.82) is 0 Å². The smallest absolute Gasteiger partial charge is 0.258 e. The largest absolute Gasteiger partial charge is 0.494 e. The molecule has 1 N–H and O–H groups in total. The lowest BCUT2D eigenvalue weighted by Crippen LogP contribution is -2.43. The molecule has 2 aromatic rings. The molecule has 6 nitrogen and oxygen atoms in total. The molecule has 1 aromatic carbocycles. The number of halogens is 1. The van der Waals surface area contributed by atoms with Crippen LogP contribution in [0.3, 0.4) is 0 Å². The van der Waals surface area contributed by atoms with Crippen molar-refractivity contribution >= 4 is 0 Å². The normalized spacial score (nSPS) is 16.1. The van der Waals surface area contributed by atoms with Gasteiger partial charge in [-0.2, -0.15) is 4.98 Å². The topological polar surface area (TPSA) is 63.4 Å². The third-order valence-electron chi connectivity index (χ3n) is 3.44. The Morgan fingerprint density at radius 3 is 2.95 bits per heavy atom. The summed E-state index contributed by atoms with van der Waals surface area (Å²) >= 11 is 0. The van der Waals surface area contributed by atoms with E-state index in [0.29, 0.717) is 23.8 Å². The van der Waals surface area contributed by atoms with Crippen LogP contribution in [-0.4, -0.2) is 48.3 Å². The Morgan fingerprint density at radius 2 is 2.19 bits per heavy atom. The predicted octanol–water partition coefficient (Wildman–Crippen LogP) is 1.29. The molecular weight excluding hydrogens is 275 g/mol. The third-order valence-corrected chi connectivity index (χ3v) is 3.44. The minimum Gasteiger partial charge on any atom is -0.494 e. The number of hydrogen-bond donors (Lipinski definition) is 1. The predicted molar refractivity (Wildman–Crippen MR) is 74.4 cm³/mol. The number of benzene rings is 1. The first-order valence-electron chi connectivity index (χ1n) is 6.86. The summed E-state index contributed by atoms with van der Waals surface area (Å²) in [7, 11) is 1.42. The number of nitrogens with one attached hydrogen (secondary N) is 1. The Morgan fingerprint density at radius 1 is 1.38 bits per heavy atom. The molecule has 1 aliphatic heterocycles. The van der Waals surface area contributed by atoms with Crippen LogP contribution >= 0.6 is 0 Å². The van der Waals surface area contributed by atoms with Crippen LogP contribution in [0.1, 0.15) is 5.82 Å². The summed E-state index contributed by atoms with van der Waals surface area (Å²) in [6.45, 7) is 4.53. The molecule has 0 saturated carbocycles. The van der Waals surface area contributed by atoms with E-state index in [4.69, 9.17) is 9.26 Å². The summed E-state index contributed by atoms with van der Waals surface area (Å²) in [5, 5.41) is 7.28. The van der Waals surface area contributed by atoms with E-state index in [0.717, 1.165) is 26.2 Å². The fourth-order valence-corrected chi connectivity index (χ4v) is 2.30. The van der Waals surface area contributed by atoms with Crippen molar-refractivity contribution in [2.45, 2.75) is 6.54 Å². The number of methoxy groups -OCH3 is 1. The highest BCUT2D eigenvalue weighted by atomic mass is 19.1. The van der Waals surface area contributed by atoms with Gasteiger partial charge < -0.3 is 14.6 Å². The molecule has 1 fully saturated rings. The van der Waals surface area contributed by atoms with Gasteiger partial charge in [0, 0.05) is 31.7 Å². The summed E-state index contributed by atoms with van der Waals surface area (Å²) < 4.78 is 23.6. The van der Waals surface area contributed by atoms with Gasteiger partial charge in [0.05, 0.1) is 13.7 Å². The van der Waals surface area contributed by atoms with Gasteiger partial charge in [-0.05, 0) is 18.2 Å². The Balaban J connectivity index is 1.74. The Kier molecular flexibility index (Phi) is 4.12. The van der Waals surface area contributed by atoms with Gasteiger partial charge in [-0.15, -0.1) is 0 Å². The van der Waals surface area contributed by atoms with Gasteiger partial charge >= 0.3 is 0 Å². The summed E-state index contributed by atoms with van der Waals surface area (Å²) in [6.07, 6.45) is 0. The molecule has 0 bridgehead atoms. The van der Waals surface area contributed by atoms with Gasteiger partial charge in [-0.25, -0.2) is 4.39 Å². The summed E-state index contributed by atoms with van der Waals surface area (Å²) in [5.41, 5.74) is 0.646. The monoisotopic (exact) mass is 292 g/mol. The van der Waals surface area contributed by atoms with E-state index in [1.165, 1.54) is 13.2 Å². The van der Waals surface area contributed by atoms with Crippen molar-refractivity contribution in [3.05, 3.63) is 29.8 Å². The van der Waals surface area contributed by atoms with Crippen molar-refractivity contribution < 1.29 is 13.7 Å². The lowest BCUT2D eigenvalue weighted by molar-refractivity contribution is 0.225. The van der Waals surface area contributed by atoms with Gasteiger partial charge in [0.2, 0.25) is 0 Å². The standard InChI is InChI=1S/C14H17FN4O2/c1-20-12-8-10(2-3-11(12)15)14-17-13(18-21-14)9-19-6-4-16-5-7-19/h2-3,8,16H,4-7,9H2,1H3. The molecule has 0 spiro atoms. The molecule has 21 heavy (non-hydrogen) atoms. The van der Waals surface area contributed by atoms with Gasteiger partial charge in [-0.1, -0.05) is 5.16 Å². The zero-order chi connectivity index (χ0) is 14.7. The zero-order valence-corrected chi connectivity index (χ0v) is 11.8. The molecule has 0 unspecified atom stereocenters. The van der Waals surface area contributed by atoms with E-state index in [1.54, 1.807) is 12.1 Å². The van der Waals surface area contributed by atoms with Crippen LogP contribution in [-0.2, 0) is 6.54 Å². The highest BCUT2D eigenvalue weighted by Crippen LogP contribution is 2.25. The van der Waals surface area contributed by atoms with E-state index in [-0.39, 0.29) is 5.75 Å². The number of hydrogen-bond acceptors (Lipinski definition) is 6. The Bertz CT molecular complexity index is 611. The van der Waals surface area contributed by atoms with Crippen LogP contribution in [0.2, 0.25) is 0 Å². The molecule has 112 valence electrons. The van der Waals surface area contributed by atoms with Gasteiger partial charge in [0.25, 0.3) is 5.89 Å². The van der Waals surface area contributed by atoms with Crippen LogP contribution in [0.15, 0.2) is 22.7 Å². The fraction of sp³-hybridized carbons (Fsp3) is 0.429. The lowest BCUT2D eigenvalue weighted by Gasteiger charge is -2.25. The van der Waals surface area contributed by atoms with Gasteiger partial charge in [0.15, 0.2) is 17.4 Å². The molecule has 1 aromatic heterocycles. The van der Waals surface area contributed by atoms with Crippen LogP contribution in [0.5, 0.6) is 5.75 Å². The van der Waals surface area contributed by atoms with Crippen LogP contribution in [0.25, 0.3) is 11.5 Å². The first kappa shape index (κ1) is 14.0. The second-order valence-electron chi connectivity index (χ2n) is 4.89. The molecule has 2 heterocycles. The number of nitrogens with zero attached hydrogens (tertiary/aromatic N) is 3.